The standard InChI is InChI=1S/C22H17ClN2O4S/c1-12-20(30-21(24-12)13-2-6-16(23)7-3-13)22(28)29-11-18(26)15-4-8-17-14(10-15)5-9-19(27)25-17/h2-4,6-8,10H,5,9,11H2,1H3,(H,25,27). The van der Waals surface area contributed by atoms with E-state index in [1.807, 2.05) is 12.1 Å². The van der Waals surface area contributed by atoms with E-state index in [4.69, 9.17) is 16.3 Å². The van der Waals surface area contributed by atoms with E-state index >= 15 is 0 Å². The van der Waals surface area contributed by atoms with Gasteiger partial charge < -0.3 is 10.1 Å². The van der Waals surface area contributed by atoms with Crippen LogP contribution in [0.4, 0.5) is 5.69 Å². The summed E-state index contributed by atoms with van der Waals surface area (Å²) in [5.74, 6) is -0.916. The monoisotopic (exact) mass is 440 g/mol. The molecule has 0 aliphatic carbocycles. The molecule has 1 aliphatic rings. The lowest BCUT2D eigenvalue weighted by molar-refractivity contribution is -0.116. The Morgan fingerprint density at radius 1 is 1.17 bits per heavy atom. The van der Waals surface area contributed by atoms with Gasteiger partial charge in [-0.15, -0.1) is 11.3 Å². The number of esters is 1. The van der Waals surface area contributed by atoms with Gasteiger partial charge in [0.05, 0.1) is 5.69 Å². The van der Waals surface area contributed by atoms with E-state index < -0.39 is 5.97 Å². The number of carbonyl (C=O) groups is 3. The first kappa shape index (κ1) is 20.3. The molecular formula is C22H17ClN2O4S. The molecule has 0 saturated heterocycles. The number of rotatable bonds is 5. The number of aromatic nitrogens is 1. The van der Waals surface area contributed by atoms with E-state index in [-0.39, 0.29) is 18.3 Å². The molecule has 0 bridgehead atoms. The SMILES string of the molecule is Cc1nc(-c2ccc(Cl)cc2)sc1C(=O)OCC(=O)c1ccc2c(c1)CCC(=O)N2. The molecule has 8 heteroatoms. The summed E-state index contributed by atoms with van der Waals surface area (Å²) in [6, 6.07) is 12.2. The van der Waals surface area contributed by atoms with Crippen LogP contribution < -0.4 is 5.32 Å². The highest BCUT2D eigenvalue weighted by Crippen LogP contribution is 2.29. The molecule has 152 valence electrons. The van der Waals surface area contributed by atoms with Crippen molar-refractivity contribution < 1.29 is 19.1 Å². The predicted octanol–water partition coefficient (Wildman–Crippen LogP) is 4.70. The number of halogens is 1. The molecule has 0 saturated carbocycles. The molecule has 0 spiro atoms. The van der Waals surface area contributed by atoms with Crippen LogP contribution in [0.1, 0.15) is 37.7 Å². The zero-order valence-corrected chi connectivity index (χ0v) is 17.6. The van der Waals surface area contributed by atoms with Gasteiger partial charge in [-0.1, -0.05) is 23.7 Å². The number of anilines is 1. The van der Waals surface area contributed by atoms with Gasteiger partial charge in [-0.05, 0) is 49.2 Å². The molecule has 1 aromatic heterocycles. The summed E-state index contributed by atoms with van der Waals surface area (Å²) in [5.41, 5.74) is 3.46. The minimum absolute atomic E-state index is 0.0339. The summed E-state index contributed by atoms with van der Waals surface area (Å²) in [7, 11) is 0. The smallest absolute Gasteiger partial charge is 0.350 e. The topological polar surface area (TPSA) is 85.4 Å². The van der Waals surface area contributed by atoms with Crippen molar-refractivity contribution >= 4 is 46.3 Å². The number of benzene rings is 2. The molecule has 0 radical (unpaired) electrons. The van der Waals surface area contributed by atoms with E-state index in [9.17, 15) is 14.4 Å². The lowest BCUT2D eigenvalue weighted by Gasteiger charge is -2.17. The van der Waals surface area contributed by atoms with Crippen molar-refractivity contribution in [2.24, 2.45) is 0 Å². The lowest BCUT2D eigenvalue weighted by atomic mass is 9.99. The van der Waals surface area contributed by atoms with E-state index in [1.165, 1.54) is 11.3 Å². The number of ether oxygens (including phenoxy) is 1. The maximum atomic E-state index is 12.5. The maximum Gasteiger partial charge on any atom is 0.350 e. The first-order valence-electron chi connectivity index (χ1n) is 9.27. The molecule has 1 N–H and O–H groups in total. The molecule has 30 heavy (non-hydrogen) atoms. The summed E-state index contributed by atoms with van der Waals surface area (Å²) < 4.78 is 5.25. The van der Waals surface area contributed by atoms with Crippen molar-refractivity contribution in [1.29, 1.82) is 0 Å². The van der Waals surface area contributed by atoms with Crippen molar-refractivity contribution in [2.75, 3.05) is 11.9 Å². The Hall–Kier alpha value is -3.03. The Kier molecular flexibility index (Phi) is 5.65. The number of nitrogens with zero attached hydrogens (tertiary/aromatic N) is 1. The van der Waals surface area contributed by atoms with Crippen LogP contribution in [0.15, 0.2) is 42.5 Å². The van der Waals surface area contributed by atoms with Gasteiger partial charge in [0, 0.05) is 28.3 Å². The zero-order chi connectivity index (χ0) is 21.3. The molecule has 0 atom stereocenters. The molecule has 2 aromatic carbocycles. The van der Waals surface area contributed by atoms with Gasteiger partial charge in [-0.3, -0.25) is 9.59 Å². The van der Waals surface area contributed by atoms with Crippen molar-refractivity contribution in [3.05, 3.63) is 69.2 Å². The molecule has 1 aliphatic heterocycles. The molecule has 4 rings (SSSR count). The molecule has 0 fully saturated rings. The van der Waals surface area contributed by atoms with E-state index in [0.717, 1.165) is 16.8 Å². The summed E-state index contributed by atoms with van der Waals surface area (Å²) in [4.78, 5) is 41.2. The van der Waals surface area contributed by atoms with Crippen LogP contribution in [0.5, 0.6) is 0 Å². The second-order valence-electron chi connectivity index (χ2n) is 6.86. The third-order valence-electron chi connectivity index (χ3n) is 4.73. The number of amides is 1. The second-order valence-corrected chi connectivity index (χ2v) is 8.30. The maximum absolute atomic E-state index is 12.5. The van der Waals surface area contributed by atoms with Crippen LogP contribution >= 0.6 is 22.9 Å². The van der Waals surface area contributed by atoms with Crippen LogP contribution in [0, 0.1) is 6.92 Å². The van der Waals surface area contributed by atoms with Crippen molar-refractivity contribution in [3.8, 4) is 10.6 Å². The lowest BCUT2D eigenvalue weighted by Crippen LogP contribution is -2.20. The van der Waals surface area contributed by atoms with E-state index in [2.05, 4.69) is 10.3 Å². The number of hydrogen-bond donors (Lipinski definition) is 1. The minimum atomic E-state index is -0.580. The van der Waals surface area contributed by atoms with E-state index in [1.54, 1.807) is 37.3 Å². The highest BCUT2D eigenvalue weighted by atomic mass is 35.5. The third-order valence-corrected chi connectivity index (χ3v) is 6.17. The fourth-order valence-corrected chi connectivity index (χ4v) is 4.23. The molecule has 3 aromatic rings. The minimum Gasteiger partial charge on any atom is -0.453 e. The highest BCUT2D eigenvalue weighted by Gasteiger charge is 2.20. The Balaban J connectivity index is 1.43. The predicted molar refractivity (Wildman–Crippen MR) is 115 cm³/mol. The Labute approximate surface area is 181 Å². The molecule has 2 heterocycles. The summed E-state index contributed by atoms with van der Waals surface area (Å²) in [5, 5.41) is 4.07. The molecule has 6 nitrogen and oxygen atoms in total. The average Bonchev–Trinajstić information content (AvgIpc) is 3.13. The van der Waals surface area contributed by atoms with Gasteiger partial charge in [0.1, 0.15) is 9.88 Å². The third kappa shape index (κ3) is 4.27. The Morgan fingerprint density at radius 2 is 1.93 bits per heavy atom. The van der Waals surface area contributed by atoms with Gasteiger partial charge in [-0.25, -0.2) is 9.78 Å². The summed E-state index contributed by atoms with van der Waals surface area (Å²) in [6.07, 6.45) is 0.968. The quantitative estimate of drug-likeness (QED) is 0.459. The highest BCUT2D eigenvalue weighted by molar-refractivity contribution is 7.17. The number of aryl methyl sites for hydroxylation is 2. The van der Waals surface area contributed by atoms with Crippen LogP contribution in [0.25, 0.3) is 10.6 Å². The van der Waals surface area contributed by atoms with Crippen LogP contribution in [0.2, 0.25) is 5.02 Å². The van der Waals surface area contributed by atoms with Crippen LogP contribution in [-0.2, 0) is 16.0 Å². The number of hydrogen-bond acceptors (Lipinski definition) is 6. The largest absolute Gasteiger partial charge is 0.453 e. The van der Waals surface area contributed by atoms with Crippen molar-refractivity contribution in [2.45, 2.75) is 19.8 Å². The average molecular weight is 441 g/mol. The molecule has 1 amide bonds. The fourth-order valence-electron chi connectivity index (χ4n) is 3.14. The van der Waals surface area contributed by atoms with Crippen LogP contribution in [-0.4, -0.2) is 29.3 Å². The second kappa shape index (κ2) is 8.38. The molecule has 0 unspecified atom stereocenters. The van der Waals surface area contributed by atoms with Crippen molar-refractivity contribution in [1.82, 2.24) is 4.98 Å². The first-order valence-corrected chi connectivity index (χ1v) is 10.5. The first-order chi connectivity index (χ1) is 14.4. The van der Waals surface area contributed by atoms with Gasteiger partial charge in [0.25, 0.3) is 0 Å². The van der Waals surface area contributed by atoms with Gasteiger partial charge in [0.2, 0.25) is 5.91 Å². The fraction of sp³-hybridized carbons (Fsp3) is 0.182. The van der Waals surface area contributed by atoms with Gasteiger partial charge in [-0.2, -0.15) is 0 Å². The summed E-state index contributed by atoms with van der Waals surface area (Å²) in [6.45, 7) is 1.36. The number of carbonyl (C=O) groups excluding carboxylic acids is 3. The number of nitrogens with one attached hydrogen (secondary N) is 1. The number of thiazole rings is 1. The molecular weight excluding hydrogens is 424 g/mol. The number of Topliss-reactive ketones (excluding diaryl/α,β-unsaturated/α-hetero) is 1. The van der Waals surface area contributed by atoms with Crippen LogP contribution in [0.3, 0.4) is 0 Å². The normalized spacial score (nSPS) is 12.8. The Morgan fingerprint density at radius 3 is 2.70 bits per heavy atom. The zero-order valence-electron chi connectivity index (χ0n) is 16.0. The van der Waals surface area contributed by atoms with Crippen molar-refractivity contribution in [3.63, 3.8) is 0 Å². The Bertz CT molecular complexity index is 1150. The van der Waals surface area contributed by atoms with E-state index in [0.29, 0.717) is 39.0 Å². The number of fused-ring (bicyclic) bond motifs is 1. The van der Waals surface area contributed by atoms with Gasteiger partial charge in [0.15, 0.2) is 12.4 Å². The summed E-state index contributed by atoms with van der Waals surface area (Å²) >= 11 is 7.12. The van der Waals surface area contributed by atoms with Gasteiger partial charge >= 0.3 is 5.97 Å². The number of ketones is 1.